The predicted molar refractivity (Wildman–Crippen MR) is 51.5 cm³/mol. The van der Waals surface area contributed by atoms with E-state index in [1.807, 2.05) is 31.2 Å². The summed E-state index contributed by atoms with van der Waals surface area (Å²) in [5.41, 5.74) is 1.51. The fourth-order valence-corrected chi connectivity index (χ4v) is 1.23. The molecule has 0 N–H and O–H groups in total. The van der Waals surface area contributed by atoms with E-state index in [0.717, 1.165) is 5.69 Å². The smallest absolute Gasteiger partial charge is 0.685 e. The van der Waals surface area contributed by atoms with Gasteiger partial charge in [0.1, 0.15) is 0 Å². The van der Waals surface area contributed by atoms with Crippen LogP contribution in [0, 0.1) is 5.92 Å². The first-order chi connectivity index (χ1) is 6.27. The minimum absolute atomic E-state index is 0. The Balaban J connectivity index is 0.000000980. The molecule has 5 heteroatoms. The first-order valence-corrected chi connectivity index (χ1v) is 4.29. The van der Waals surface area contributed by atoms with Gasteiger partial charge < -0.3 is 15.4 Å². The Labute approximate surface area is 188 Å². The van der Waals surface area contributed by atoms with E-state index in [1.165, 1.54) is 0 Å². The third kappa shape index (κ3) is 4.70. The summed E-state index contributed by atoms with van der Waals surface area (Å²) in [5.74, 6) is -0.166. The van der Waals surface area contributed by atoms with Crippen LogP contribution in [-0.4, -0.2) is 12.5 Å². The van der Waals surface area contributed by atoms with Gasteiger partial charge in [-0.15, -0.1) is 12.2 Å². The number of rotatable bonds is 0. The maximum Gasteiger partial charge on any atom is 1.00 e. The Kier molecular flexibility index (Phi) is 9.40. The summed E-state index contributed by atoms with van der Waals surface area (Å²) in [7, 11) is 0. The number of para-hydroxylation sites is 2. The van der Waals surface area contributed by atoms with E-state index < -0.39 is 0 Å². The van der Waals surface area contributed by atoms with Crippen LogP contribution in [0.5, 0.6) is 0 Å². The van der Waals surface area contributed by atoms with Gasteiger partial charge in [0, 0.05) is 0 Å². The molecule has 0 saturated heterocycles. The molecule has 1 aliphatic rings. The van der Waals surface area contributed by atoms with Crippen molar-refractivity contribution in [3.05, 3.63) is 34.9 Å². The van der Waals surface area contributed by atoms with Gasteiger partial charge in [0.05, 0.1) is 5.91 Å². The third-order valence-electron chi connectivity index (χ3n) is 2.07. The van der Waals surface area contributed by atoms with E-state index in [2.05, 4.69) is 10.6 Å². The summed E-state index contributed by atoms with van der Waals surface area (Å²) >= 11 is 0. The summed E-state index contributed by atoms with van der Waals surface area (Å²) in [4.78, 5) is 11.4. The zero-order valence-electron chi connectivity index (χ0n) is 9.40. The monoisotopic (exact) mass is 344 g/mol. The van der Waals surface area contributed by atoms with Crippen LogP contribution in [0.15, 0.2) is 24.3 Å². The van der Waals surface area contributed by atoms with Crippen LogP contribution in [0.2, 0.25) is 0 Å². The van der Waals surface area contributed by atoms with Crippen molar-refractivity contribution in [1.82, 2.24) is 0 Å². The van der Waals surface area contributed by atoms with Gasteiger partial charge in [-0.05, 0) is 5.92 Å². The van der Waals surface area contributed by atoms with Crippen LogP contribution >= 0.6 is 0 Å². The van der Waals surface area contributed by atoms with Crippen LogP contribution in [0.25, 0.3) is 10.6 Å². The summed E-state index contributed by atoms with van der Waals surface area (Å²) in [6.45, 7) is 2.39. The molecule has 2 rings (SSSR count). The van der Waals surface area contributed by atoms with Crippen LogP contribution < -0.4 is 116 Å². The van der Waals surface area contributed by atoms with Gasteiger partial charge >= 0.3 is 116 Å². The second-order valence-corrected chi connectivity index (χ2v) is 3.18. The van der Waals surface area contributed by atoms with Crippen molar-refractivity contribution in [2.75, 3.05) is 6.54 Å². The summed E-state index contributed by atoms with van der Waals surface area (Å²) in [6.07, 6.45) is 0. The van der Waals surface area contributed by atoms with Crippen molar-refractivity contribution >= 4 is 17.3 Å². The molecule has 1 amide bonds. The average molecular weight is 345 g/mol. The first kappa shape index (κ1) is 17.1. The van der Waals surface area contributed by atoms with Gasteiger partial charge in [-0.1, -0.05) is 31.2 Å². The Morgan fingerprint density at radius 1 is 1.20 bits per heavy atom. The predicted octanol–water partition coefficient (Wildman–Crippen LogP) is -3.12. The second-order valence-electron chi connectivity index (χ2n) is 3.18. The second kappa shape index (κ2) is 8.25. The van der Waals surface area contributed by atoms with E-state index >= 15 is 0 Å². The topological polar surface area (TPSA) is 45.3 Å². The normalized spacial score (nSPS) is 18.2. The minimum Gasteiger partial charge on any atom is -0.685 e. The van der Waals surface area contributed by atoms with Crippen LogP contribution in [0.1, 0.15) is 6.92 Å². The molecular weight excluding hydrogens is 335 g/mol. The van der Waals surface area contributed by atoms with Crippen molar-refractivity contribution in [2.24, 2.45) is 5.92 Å². The number of hydrogen-bond donors (Lipinski definition) is 0. The molecule has 1 aromatic carbocycles. The van der Waals surface area contributed by atoms with Gasteiger partial charge in [-0.3, -0.25) is 0 Å². The molecule has 68 valence electrons. The van der Waals surface area contributed by atoms with Crippen molar-refractivity contribution < 1.29 is 121 Å². The zero-order valence-corrected chi connectivity index (χ0v) is 19.2. The standard InChI is InChI=1S/C10H11N2O.2Rb/c1-7-6-11-8-4-2-3-5-9(8)12-10(7)13;;/h2-5,7H,6H2,1H3,(H,12,13);;/q-1;2*+1/p-1. The third-order valence-corrected chi connectivity index (χ3v) is 2.07. The van der Waals surface area contributed by atoms with E-state index in [0.29, 0.717) is 12.2 Å². The molecule has 1 aromatic rings. The van der Waals surface area contributed by atoms with Gasteiger partial charge in [0.25, 0.3) is 0 Å². The van der Waals surface area contributed by atoms with Crippen LogP contribution in [-0.2, 0) is 4.79 Å². The number of nitrogens with zero attached hydrogens (tertiary/aromatic N) is 2. The van der Waals surface area contributed by atoms with E-state index in [4.69, 9.17) is 0 Å². The Hall–Kier alpha value is 2.10. The van der Waals surface area contributed by atoms with Gasteiger partial charge in [0.2, 0.25) is 0 Å². The summed E-state index contributed by atoms with van der Waals surface area (Å²) < 4.78 is 0. The van der Waals surface area contributed by atoms with E-state index in [9.17, 15) is 4.79 Å². The molecule has 0 bridgehead atoms. The zero-order chi connectivity index (χ0) is 9.26. The quantitative estimate of drug-likeness (QED) is 0.491. The Bertz CT molecular complexity index is 344. The number of carbonyl (C=O) groups is 1. The van der Waals surface area contributed by atoms with Crippen molar-refractivity contribution in [3.63, 3.8) is 0 Å². The SMILES string of the molecule is CC1C[N-]c2ccccc2[N-]C1=O.[Rb+].[Rb+]. The van der Waals surface area contributed by atoms with Crippen molar-refractivity contribution in [2.45, 2.75) is 6.92 Å². The minimum atomic E-state index is -0.0904. The number of amides is 1. The van der Waals surface area contributed by atoms with Gasteiger partial charge in [-0.2, -0.15) is 5.69 Å². The molecule has 0 spiro atoms. The molecule has 0 radical (unpaired) electrons. The number of benzene rings is 1. The maximum atomic E-state index is 11.4. The Morgan fingerprint density at radius 3 is 2.47 bits per heavy atom. The van der Waals surface area contributed by atoms with Crippen LogP contribution in [0.3, 0.4) is 0 Å². The maximum absolute atomic E-state index is 11.4. The molecule has 1 unspecified atom stereocenters. The molecule has 15 heavy (non-hydrogen) atoms. The number of hydrogen-bond acceptors (Lipinski definition) is 1. The fourth-order valence-electron chi connectivity index (χ4n) is 1.23. The fraction of sp³-hybridized carbons (Fsp3) is 0.300. The average Bonchev–Trinajstić information content (AvgIpc) is 2.28. The number of carbonyl (C=O) groups excluding carboxylic acids is 1. The van der Waals surface area contributed by atoms with E-state index in [-0.39, 0.29) is 128 Å². The molecule has 3 nitrogen and oxygen atoms in total. The molecular formula is C10H10N2ORb2. The molecule has 1 heterocycles. The van der Waals surface area contributed by atoms with Gasteiger partial charge in [-0.25, -0.2) is 0 Å². The van der Waals surface area contributed by atoms with Crippen LogP contribution in [0.4, 0.5) is 11.4 Å². The molecule has 0 saturated carbocycles. The summed E-state index contributed by atoms with van der Waals surface area (Å²) in [5, 5.41) is 8.29. The molecule has 1 atom stereocenters. The molecule has 1 aliphatic heterocycles. The molecule has 0 aliphatic carbocycles. The first-order valence-electron chi connectivity index (χ1n) is 4.29. The summed E-state index contributed by atoms with van der Waals surface area (Å²) in [6, 6.07) is 7.46. The number of fused-ring (bicyclic) bond motifs is 1. The molecule has 0 aromatic heterocycles. The van der Waals surface area contributed by atoms with Crippen molar-refractivity contribution in [3.8, 4) is 0 Å². The largest absolute Gasteiger partial charge is 1.00 e. The Morgan fingerprint density at radius 2 is 1.80 bits per heavy atom. The van der Waals surface area contributed by atoms with Crippen molar-refractivity contribution in [1.29, 1.82) is 0 Å². The van der Waals surface area contributed by atoms with Gasteiger partial charge in [0.15, 0.2) is 0 Å². The molecule has 0 fully saturated rings. The van der Waals surface area contributed by atoms with E-state index in [1.54, 1.807) is 0 Å².